The Morgan fingerprint density at radius 1 is 1.07 bits per heavy atom. The third-order valence-electron chi connectivity index (χ3n) is 4.00. The second-order valence-electron chi connectivity index (χ2n) is 6.95. The Balaban J connectivity index is 1.90. The van der Waals surface area contributed by atoms with Gasteiger partial charge < -0.3 is 10.1 Å². The van der Waals surface area contributed by atoms with Crippen molar-refractivity contribution in [3.05, 3.63) is 65.7 Å². The van der Waals surface area contributed by atoms with Crippen molar-refractivity contribution in [3.8, 4) is 5.75 Å². The number of carbonyl (C=O) groups excluding carboxylic acids is 2. The van der Waals surface area contributed by atoms with E-state index < -0.39 is 6.04 Å². The van der Waals surface area contributed by atoms with Crippen LogP contribution in [-0.4, -0.2) is 30.7 Å². The Morgan fingerprint density at radius 2 is 1.75 bits per heavy atom. The maximum atomic E-state index is 12.5. The summed E-state index contributed by atoms with van der Waals surface area (Å²) in [7, 11) is 0. The van der Waals surface area contributed by atoms with Gasteiger partial charge in [0, 0.05) is 0 Å². The number of carbonyl (C=O) groups is 2. The lowest BCUT2D eigenvalue weighted by Gasteiger charge is -2.19. The van der Waals surface area contributed by atoms with Crippen molar-refractivity contribution in [2.45, 2.75) is 33.2 Å². The Morgan fingerprint density at radius 3 is 2.43 bits per heavy atom. The number of hydrogen-bond acceptors (Lipinski definition) is 4. The predicted molar refractivity (Wildman–Crippen MR) is 110 cm³/mol. The zero-order chi connectivity index (χ0) is 20.4. The van der Waals surface area contributed by atoms with Gasteiger partial charge in [0.25, 0.3) is 11.8 Å². The van der Waals surface area contributed by atoms with Gasteiger partial charge in [-0.2, -0.15) is 5.10 Å². The van der Waals surface area contributed by atoms with Gasteiger partial charge in [-0.1, -0.05) is 62.4 Å². The molecule has 0 bridgehead atoms. The number of ether oxygens (including phenoxy) is 1. The predicted octanol–water partition coefficient (Wildman–Crippen LogP) is 3.06. The number of nitrogens with zero attached hydrogens (tertiary/aromatic N) is 1. The van der Waals surface area contributed by atoms with Crippen molar-refractivity contribution in [2.24, 2.45) is 11.0 Å². The first-order valence-electron chi connectivity index (χ1n) is 9.31. The molecule has 0 aliphatic heterocycles. The first-order chi connectivity index (χ1) is 13.5. The third kappa shape index (κ3) is 7.23. The van der Waals surface area contributed by atoms with Crippen LogP contribution in [0.4, 0.5) is 0 Å². The fourth-order valence-electron chi connectivity index (χ4n) is 2.59. The highest BCUT2D eigenvalue weighted by molar-refractivity contribution is 5.89. The van der Waals surface area contributed by atoms with Crippen LogP contribution in [0.3, 0.4) is 0 Å². The van der Waals surface area contributed by atoms with Crippen LogP contribution in [0, 0.1) is 12.8 Å². The first-order valence-corrected chi connectivity index (χ1v) is 9.31. The van der Waals surface area contributed by atoms with Crippen LogP contribution in [-0.2, 0) is 9.59 Å². The second-order valence-corrected chi connectivity index (χ2v) is 6.95. The maximum Gasteiger partial charge on any atom is 0.262 e. The van der Waals surface area contributed by atoms with E-state index in [0.717, 1.165) is 11.1 Å². The van der Waals surface area contributed by atoms with E-state index in [0.29, 0.717) is 12.2 Å². The fraction of sp³-hybridized carbons (Fsp3) is 0.318. The molecule has 148 valence electrons. The number of aryl methyl sites for hydroxylation is 1. The lowest BCUT2D eigenvalue weighted by atomic mass is 10.0. The highest BCUT2D eigenvalue weighted by Crippen LogP contribution is 2.15. The number of nitrogens with one attached hydrogen (secondary N) is 2. The highest BCUT2D eigenvalue weighted by atomic mass is 16.5. The molecule has 0 spiro atoms. The topological polar surface area (TPSA) is 79.8 Å². The molecule has 0 aliphatic rings. The lowest BCUT2D eigenvalue weighted by molar-refractivity contribution is -0.130. The minimum absolute atomic E-state index is 0.153. The zero-order valence-electron chi connectivity index (χ0n) is 16.5. The number of rotatable bonds is 9. The van der Waals surface area contributed by atoms with Crippen molar-refractivity contribution in [2.75, 3.05) is 6.61 Å². The van der Waals surface area contributed by atoms with Crippen molar-refractivity contribution in [3.63, 3.8) is 0 Å². The van der Waals surface area contributed by atoms with Gasteiger partial charge in [0.2, 0.25) is 0 Å². The molecular weight excluding hydrogens is 354 g/mol. The Hall–Kier alpha value is -3.15. The van der Waals surface area contributed by atoms with Crippen LogP contribution in [0.2, 0.25) is 0 Å². The quantitative estimate of drug-likeness (QED) is 0.517. The van der Waals surface area contributed by atoms with Crippen LogP contribution in [0.1, 0.15) is 31.4 Å². The van der Waals surface area contributed by atoms with Crippen molar-refractivity contribution in [1.29, 1.82) is 0 Å². The summed E-state index contributed by atoms with van der Waals surface area (Å²) < 4.78 is 5.55. The van der Waals surface area contributed by atoms with E-state index in [1.54, 1.807) is 12.3 Å². The van der Waals surface area contributed by atoms with Gasteiger partial charge in [-0.25, -0.2) is 5.43 Å². The summed E-state index contributed by atoms with van der Waals surface area (Å²) in [5, 5.41) is 6.71. The summed E-state index contributed by atoms with van der Waals surface area (Å²) in [6.45, 7) is 5.74. The summed E-state index contributed by atoms with van der Waals surface area (Å²) in [5.41, 5.74) is 4.32. The molecule has 0 heterocycles. The Labute approximate surface area is 166 Å². The zero-order valence-corrected chi connectivity index (χ0v) is 16.5. The largest absolute Gasteiger partial charge is 0.484 e. The molecule has 0 saturated carbocycles. The number of hydrazone groups is 1. The molecule has 0 unspecified atom stereocenters. The van der Waals surface area contributed by atoms with E-state index in [9.17, 15) is 9.59 Å². The van der Waals surface area contributed by atoms with E-state index in [1.807, 2.05) is 69.3 Å². The van der Waals surface area contributed by atoms with Crippen LogP contribution in [0.5, 0.6) is 5.75 Å². The summed E-state index contributed by atoms with van der Waals surface area (Å²) >= 11 is 0. The smallest absolute Gasteiger partial charge is 0.262 e. The molecule has 0 saturated heterocycles. The van der Waals surface area contributed by atoms with Gasteiger partial charge in [0.05, 0.1) is 6.21 Å². The molecule has 6 nitrogen and oxygen atoms in total. The molecule has 2 amide bonds. The SMILES string of the molecule is Cc1ccccc1OCC(=O)N[C@H](CC(C)C)C(=O)N/N=C\c1ccccc1. The minimum Gasteiger partial charge on any atom is -0.484 e. The van der Waals surface area contributed by atoms with Crippen molar-refractivity contribution in [1.82, 2.24) is 10.7 Å². The highest BCUT2D eigenvalue weighted by Gasteiger charge is 2.22. The van der Waals surface area contributed by atoms with Gasteiger partial charge in [-0.3, -0.25) is 9.59 Å². The number of hydrogen-bond donors (Lipinski definition) is 2. The number of amides is 2. The molecule has 0 aliphatic carbocycles. The third-order valence-corrected chi connectivity index (χ3v) is 4.00. The summed E-state index contributed by atoms with van der Waals surface area (Å²) in [4.78, 5) is 24.7. The molecule has 6 heteroatoms. The summed E-state index contributed by atoms with van der Waals surface area (Å²) in [6.07, 6.45) is 2.07. The normalized spacial score (nSPS) is 12.0. The van der Waals surface area contributed by atoms with Gasteiger partial charge in [0.1, 0.15) is 11.8 Å². The number of para-hydroxylation sites is 1. The molecule has 0 radical (unpaired) electrons. The molecule has 0 fully saturated rings. The Bertz CT molecular complexity index is 804. The molecule has 2 N–H and O–H groups in total. The lowest BCUT2D eigenvalue weighted by Crippen LogP contribution is -2.47. The molecule has 2 aromatic carbocycles. The molecule has 28 heavy (non-hydrogen) atoms. The molecular formula is C22H27N3O3. The number of benzene rings is 2. The fourth-order valence-corrected chi connectivity index (χ4v) is 2.59. The van der Waals surface area contributed by atoms with Crippen LogP contribution in [0.25, 0.3) is 0 Å². The van der Waals surface area contributed by atoms with E-state index in [-0.39, 0.29) is 24.3 Å². The van der Waals surface area contributed by atoms with Gasteiger partial charge in [-0.05, 0) is 36.5 Å². The van der Waals surface area contributed by atoms with Gasteiger partial charge in [-0.15, -0.1) is 0 Å². The molecule has 0 aromatic heterocycles. The van der Waals surface area contributed by atoms with Crippen LogP contribution in [0.15, 0.2) is 59.7 Å². The van der Waals surface area contributed by atoms with Crippen molar-refractivity contribution >= 4 is 18.0 Å². The minimum atomic E-state index is -0.680. The first kappa shape index (κ1) is 21.2. The second kappa shape index (κ2) is 10.9. The van der Waals surface area contributed by atoms with Crippen LogP contribution < -0.4 is 15.5 Å². The molecule has 1 atom stereocenters. The summed E-state index contributed by atoms with van der Waals surface area (Å²) in [6, 6.07) is 16.2. The van der Waals surface area contributed by atoms with E-state index >= 15 is 0 Å². The van der Waals surface area contributed by atoms with Crippen molar-refractivity contribution < 1.29 is 14.3 Å². The van der Waals surface area contributed by atoms with E-state index in [1.165, 1.54) is 0 Å². The average Bonchev–Trinajstić information content (AvgIpc) is 2.67. The van der Waals surface area contributed by atoms with E-state index in [4.69, 9.17) is 4.74 Å². The molecule has 2 rings (SSSR count). The van der Waals surface area contributed by atoms with Crippen LogP contribution >= 0.6 is 0 Å². The summed E-state index contributed by atoms with van der Waals surface area (Å²) in [5.74, 6) is 0.169. The average molecular weight is 381 g/mol. The Kier molecular flexibility index (Phi) is 8.21. The monoisotopic (exact) mass is 381 g/mol. The standard InChI is InChI=1S/C22H27N3O3/c1-16(2)13-19(22(27)25-23-14-18-10-5-4-6-11-18)24-21(26)15-28-20-12-8-7-9-17(20)3/h4-12,14,16,19H,13,15H2,1-3H3,(H,24,26)(H,25,27)/b23-14-/t19-/m1/s1. The molecule has 2 aromatic rings. The maximum absolute atomic E-state index is 12.5. The van der Waals surface area contributed by atoms with E-state index in [2.05, 4.69) is 15.8 Å². The van der Waals surface area contributed by atoms with Gasteiger partial charge in [0.15, 0.2) is 6.61 Å². The van der Waals surface area contributed by atoms with Gasteiger partial charge >= 0.3 is 0 Å².